The summed E-state index contributed by atoms with van der Waals surface area (Å²) in [5.74, 6) is 0.693. The van der Waals surface area contributed by atoms with E-state index in [0.717, 1.165) is 15.6 Å². The van der Waals surface area contributed by atoms with E-state index in [1.54, 1.807) is 11.3 Å². The molecule has 0 saturated carbocycles. The fourth-order valence-electron chi connectivity index (χ4n) is 2.32. The molecule has 2 atom stereocenters. The van der Waals surface area contributed by atoms with Gasteiger partial charge in [-0.25, -0.2) is 4.39 Å². The summed E-state index contributed by atoms with van der Waals surface area (Å²) in [6.07, 6.45) is -1.94. The molecule has 108 valence electrons. The van der Waals surface area contributed by atoms with Crippen LogP contribution in [0.3, 0.4) is 0 Å². The van der Waals surface area contributed by atoms with Crippen LogP contribution in [0.15, 0.2) is 60.0 Å². The third-order valence-electron chi connectivity index (χ3n) is 3.39. The second-order valence-corrected chi connectivity index (χ2v) is 5.74. The second-order valence-electron chi connectivity index (χ2n) is 4.79. The second kappa shape index (κ2) is 6.24. The molecule has 0 bridgehead atoms. The molecule has 0 spiro atoms. The van der Waals surface area contributed by atoms with Crippen molar-refractivity contribution >= 4 is 21.4 Å². The molecule has 1 aromatic heterocycles. The summed E-state index contributed by atoms with van der Waals surface area (Å²) in [5, 5.41) is 3.01. The lowest BCUT2D eigenvalue weighted by molar-refractivity contribution is 0.106. The topological polar surface area (TPSA) is 35.2 Å². The van der Waals surface area contributed by atoms with Gasteiger partial charge in [0.1, 0.15) is 5.75 Å². The highest BCUT2D eigenvalue weighted by molar-refractivity contribution is 7.17. The third-order valence-corrected chi connectivity index (χ3v) is 4.27. The van der Waals surface area contributed by atoms with E-state index in [1.807, 2.05) is 60.0 Å². The van der Waals surface area contributed by atoms with Crippen molar-refractivity contribution < 1.29 is 9.13 Å². The summed E-state index contributed by atoms with van der Waals surface area (Å²) in [6.45, 7) is -0.0703. The Bertz CT molecular complexity index is 713. The molecule has 2 aromatic carbocycles. The number of benzene rings is 2. The molecule has 0 fully saturated rings. The van der Waals surface area contributed by atoms with Crippen LogP contribution in [0.4, 0.5) is 4.39 Å². The summed E-state index contributed by atoms with van der Waals surface area (Å²) in [5.41, 5.74) is 6.30. The van der Waals surface area contributed by atoms with Crippen molar-refractivity contribution in [3.63, 3.8) is 0 Å². The Morgan fingerprint density at radius 2 is 1.86 bits per heavy atom. The van der Waals surface area contributed by atoms with Gasteiger partial charge in [-0.15, -0.1) is 11.3 Å². The summed E-state index contributed by atoms with van der Waals surface area (Å²) >= 11 is 1.64. The van der Waals surface area contributed by atoms with E-state index in [-0.39, 0.29) is 6.54 Å². The number of hydrogen-bond acceptors (Lipinski definition) is 3. The lowest BCUT2D eigenvalue weighted by Gasteiger charge is -2.22. The molecule has 0 aliphatic heterocycles. The van der Waals surface area contributed by atoms with Gasteiger partial charge in [-0.3, -0.25) is 0 Å². The zero-order chi connectivity index (χ0) is 14.7. The standard InChI is InChI=1S/C17H16FNOS/c18-14(11-19)17(12-5-2-1-3-6-12)20-15-7-4-8-16-13(15)9-10-21-16/h1-10,14,17H,11,19H2/t14-,17-/m1/s1. The van der Waals surface area contributed by atoms with Crippen LogP contribution in [0, 0.1) is 0 Å². The van der Waals surface area contributed by atoms with Gasteiger partial charge in [0.15, 0.2) is 12.3 Å². The predicted octanol–water partition coefficient (Wildman–Crippen LogP) is 4.32. The summed E-state index contributed by atoms with van der Waals surface area (Å²) in [6, 6.07) is 17.2. The molecule has 0 aliphatic carbocycles. The van der Waals surface area contributed by atoms with Crippen molar-refractivity contribution in [2.24, 2.45) is 5.73 Å². The van der Waals surface area contributed by atoms with Gasteiger partial charge in [0.25, 0.3) is 0 Å². The average molecular weight is 301 g/mol. The zero-order valence-electron chi connectivity index (χ0n) is 11.4. The summed E-state index contributed by atoms with van der Waals surface area (Å²) in [4.78, 5) is 0. The molecule has 3 aromatic rings. The first kappa shape index (κ1) is 14.0. The minimum Gasteiger partial charge on any atom is -0.482 e. The zero-order valence-corrected chi connectivity index (χ0v) is 12.2. The Labute approximate surface area is 127 Å². The number of rotatable bonds is 5. The Morgan fingerprint density at radius 1 is 1.05 bits per heavy atom. The van der Waals surface area contributed by atoms with Gasteiger partial charge in [0.05, 0.1) is 0 Å². The summed E-state index contributed by atoms with van der Waals surface area (Å²) in [7, 11) is 0. The predicted molar refractivity (Wildman–Crippen MR) is 85.6 cm³/mol. The smallest absolute Gasteiger partial charge is 0.156 e. The molecule has 2 nitrogen and oxygen atoms in total. The van der Waals surface area contributed by atoms with E-state index in [9.17, 15) is 4.39 Å². The quantitative estimate of drug-likeness (QED) is 0.762. The minimum atomic E-state index is -1.25. The van der Waals surface area contributed by atoms with Crippen LogP contribution in [0.25, 0.3) is 10.1 Å². The SMILES string of the molecule is NC[C@@H](F)[C@H](Oc1cccc2sccc12)c1ccccc1. The van der Waals surface area contributed by atoms with Gasteiger partial charge < -0.3 is 10.5 Å². The Balaban J connectivity index is 1.97. The van der Waals surface area contributed by atoms with E-state index in [2.05, 4.69) is 0 Å². The van der Waals surface area contributed by atoms with E-state index < -0.39 is 12.3 Å². The van der Waals surface area contributed by atoms with Crippen molar-refractivity contribution in [1.29, 1.82) is 0 Å². The van der Waals surface area contributed by atoms with E-state index in [4.69, 9.17) is 10.5 Å². The highest BCUT2D eigenvalue weighted by atomic mass is 32.1. The molecule has 1 heterocycles. The molecule has 3 rings (SSSR count). The number of alkyl halides is 1. The van der Waals surface area contributed by atoms with Crippen LogP contribution < -0.4 is 10.5 Å². The number of halogens is 1. The van der Waals surface area contributed by atoms with Gasteiger partial charge in [0, 0.05) is 16.6 Å². The van der Waals surface area contributed by atoms with Crippen molar-refractivity contribution in [2.75, 3.05) is 6.54 Å². The van der Waals surface area contributed by atoms with E-state index in [0.29, 0.717) is 5.75 Å². The Hall–Kier alpha value is -1.91. The fraction of sp³-hybridized carbons (Fsp3) is 0.176. The fourth-order valence-corrected chi connectivity index (χ4v) is 3.13. The number of hydrogen-bond donors (Lipinski definition) is 1. The lowest BCUT2D eigenvalue weighted by atomic mass is 10.0. The maximum absolute atomic E-state index is 14.2. The molecular weight excluding hydrogens is 285 g/mol. The molecule has 0 radical (unpaired) electrons. The highest BCUT2D eigenvalue weighted by Gasteiger charge is 2.24. The largest absolute Gasteiger partial charge is 0.482 e. The average Bonchev–Trinajstić information content (AvgIpc) is 3.02. The monoisotopic (exact) mass is 301 g/mol. The molecule has 21 heavy (non-hydrogen) atoms. The minimum absolute atomic E-state index is 0.0703. The van der Waals surface area contributed by atoms with Crippen LogP contribution in [0.2, 0.25) is 0 Å². The van der Waals surface area contributed by atoms with Crippen LogP contribution in [-0.4, -0.2) is 12.7 Å². The molecule has 0 unspecified atom stereocenters. The molecule has 0 amide bonds. The maximum atomic E-state index is 14.2. The van der Waals surface area contributed by atoms with Crippen molar-refractivity contribution in [1.82, 2.24) is 0 Å². The van der Waals surface area contributed by atoms with Crippen molar-refractivity contribution in [3.05, 3.63) is 65.5 Å². The third kappa shape index (κ3) is 2.91. The van der Waals surface area contributed by atoms with Gasteiger partial charge >= 0.3 is 0 Å². The number of thiophene rings is 1. The maximum Gasteiger partial charge on any atom is 0.156 e. The van der Waals surface area contributed by atoms with E-state index >= 15 is 0 Å². The van der Waals surface area contributed by atoms with Crippen LogP contribution in [0.5, 0.6) is 5.75 Å². The summed E-state index contributed by atoms with van der Waals surface area (Å²) < 4.78 is 21.4. The van der Waals surface area contributed by atoms with Crippen LogP contribution in [0.1, 0.15) is 11.7 Å². The lowest BCUT2D eigenvalue weighted by Crippen LogP contribution is -2.27. The first-order chi connectivity index (χ1) is 10.3. The van der Waals surface area contributed by atoms with Crippen molar-refractivity contribution in [2.45, 2.75) is 12.3 Å². The van der Waals surface area contributed by atoms with Gasteiger partial charge in [0.2, 0.25) is 0 Å². The Morgan fingerprint density at radius 3 is 2.62 bits per heavy atom. The number of ether oxygens (including phenoxy) is 1. The van der Waals surface area contributed by atoms with Crippen LogP contribution in [-0.2, 0) is 0 Å². The van der Waals surface area contributed by atoms with Crippen molar-refractivity contribution in [3.8, 4) is 5.75 Å². The van der Waals surface area contributed by atoms with Crippen LogP contribution >= 0.6 is 11.3 Å². The highest BCUT2D eigenvalue weighted by Crippen LogP contribution is 2.34. The molecule has 4 heteroatoms. The molecule has 0 saturated heterocycles. The molecule has 2 N–H and O–H groups in total. The first-order valence-corrected chi connectivity index (χ1v) is 7.69. The van der Waals surface area contributed by atoms with Gasteiger partial charge in [-0.1, -0.05) is 36.4 Å². The molecular formula is C17H16FNOS. The normalized spacial score (nSPS) is 14.0. The first-order valence-electron chi connectivity index (χ1n) is 6.81. The molecule has 0 aliphatic rings. The number of fused-ring (bicyclic) bond motifs is 1. The Kier molecular flexibility index (Phi) is 4.18. The van der Waals surface area contributed by atoms with E-state index in [1.165, 1.54) is 0 Å². The number of nitrogens with two attached hydrogens (primary N) is 1. The van der Waals surface area contributed by atoms with Gasteiger partial charge in [-0.2, -0.15) is 0 Å². The van der Waals surface area contributed by atoms with Gasteiger partial charge in [-0.05, 0) is 29.1 Å².